The van der Waals surface area contributed by atoms with E-state index in [-0.39, 0.29) is 18.0 Å². The number of carboxylic acid groups (broad SMARTS) is 1. The van der Waals surface area contributed by atoms with Gasteiger partial charge in [0.1, 0.15) is 6.04 Å². The van der Waals surface area contributed by atoms with Gasteiger partial charge in [0.25, 0.3) is 0 Å². The second kappa shape index (κ2) is 4.55. The summed E-state index contributed by atoms with van der Waals surface area (Å²) in [6.07, 6.45) is 0.979. The number of aliphatic carboxylic acids is 1. The van der Waals surface area contributed by atoms with E-state index in [1.807, 2.05) is 18.4 Å². The van der Waals surface area contributed by atoms with Gasteiger partial charge in [-0.3, -0.25) is 9.69 Å². The van der Waals surface area contributed by atoms with E-state index in [1.54, 1.807) is 11.3 Å². The first-order chi connectivity index (χ1) is 7.61. The lowest BCUT2D eigenvalue weighted by Crippen LogP contribution is -2.40. The SMILES string of the molecule is CC1CCN(C(C)c2cccs2)C1C(=O)O. The number of hydrogen-bond donors (Lipinski definition) is 1. The van der Waals surface area contributed by atoms with Gasteiger partial charge in [-0.15, -0.1) is 11.3 Å². The summed E-state index contributed by atoms with van der Waals surface area (Å²) in [5, 5.41) is 11.3. The van der Waals surface area contributed by atoms with Crippen LogP contribution in [0.5, 0.6) is 0 Å². The van der Waals surface area contributed by atoms with Crippen LogP contribution in [0.1, 0.15) is 31.2 Å². The van der Waals surface area contributed by atoms with Crippen molar-refractivity contribution in [2.45, 2.75) is 32.4 Å². The summed E-state index contributed by atoms with van der Waals surface area (Å²) in [7, 11) is 0. The molecule has 2 rings (SSSR count). The molecule has 1 aliphatic rings. The topological polar surface area (TPSA) is 40.5 Å². The number of rotatable bonds is 3. The predicted octanol–water partition coefficient (Wildman–Crippen LogP) is 2.60. The molecule has 4 heteroatoms. The Morgan fingerprint density at radius 2 is 2.44 bits per heavy atom. The van der Waals surface area contributed by atoms with E-state index in [0.29, 0.717) is 0 Å². The maximum atomic E-state index is 11.3. The lowest BCUT2D eigenvalue weighted by molar-refractivity contribution is -0.144. The van der Waals surface area contributed by atoms with Crippen LogP contribution in [0.4, 0.5) is 0 Å². The number of carboxylic acids is 1. The summed E-state index contributed by atoms with van der Waals surface area (Å²) < 4.78 is 0. The summed E-state index contributed by atoms with van der Waals surface area (Å²) in [6.45, 7) is 5.01. The van der Waals surface area contributed by atoms with Crippen LogP contribution in [-0.2, 0) is 4.79 Å². The van der Waals surface area contributed by atoms with Crippen molar-refractivity contribution in [3.05, 3.63) is 22.4 Å². The van der Waals surface area contributed by atoms with E-state index in [1.165, 1.54) is 4.88 Å². The fourth-order valence-corrected chi connectivity index (χ4v) is 3.29. The highest BCUT2D eigenvalue weighted by Crippen LogP contribution is 2.34. The van der Waals surface area contributed by atoms with Gasteiger partial charge in [-0.25, -0.2) is 0 Å². The molecule has 1 aromatic rings. The van der Waals surface area contributed by atoms with Crippen molar-refractivity contribution >= 4 is 17.3 Å². The molecule has 0 amide bonds. The number of carbonyl (C=O) groups is 1. The van der Waals surface area contributed by atoms with E-state index >= 15 is 0 Å². The van der Waals surface area contributed by atoms with Crippen LogP contribution in [-0.4, -0.2) is 28.6 Å². The highest BCUT2D eigenvalue weighted by atomic mass is 32.1. The molecule has 1 N–H and O–H groups in total. The molecule has 0 aromatic carbocycles. The van der Waals surface area contributed by atoms with Crippen molar-refractivity contribution in [2.75, 3.05) is 6.54 Å². The zero-order chi connectivity index (χ0) is 11.7. The second-order valence-corrected chi connectivity index (χ2v) is 5.46. The Morgan fingerprint density at radius 3 is 3.00 bits per heavy atom. The molecule has 16 heavy (non-hydrogen) atoms. The van der Waals surface area contributed by atoms with Gasteiger partial charge in [-0.2, -0.15) is 0 Å². The molecule has 88 valence electrons. The van der Waals surface area contributed by atoms with Crippen molar-refractivity contribution in [1.82, 2.24) is 4.90 Å². The third-order valence-corrected chi connectivity index (χ3v) is 4.49. The fraction of sp³-hybridized carbons (Fsp3) is 0.583. The molecule has 0 bridgehead atoms. The van der Waals surface area contributed by atoms with Crippen molar-refractivity contribution in [2.24, 2.45) is 5.92 Å². The monoisotopic (exact) mass is 239 g/mol. The largest absolute Gasteiger partial charge is 0.480 e. The van der Waals surface area contributed by atoms with Crippen LogP contribution >= 0.6 is 11.3 Å². The van der Waals surface area contributed by atoms with Gasteiger partial charge in [-0.05, 0) is 37.3 Å². The second-order valence-electron chi connectivity index (χ2n) is 4.48. The molecule has 0 radical (unpaired) electrons. The van der Waals surface area contributed by atoms with Crippen molar-refractivity contribution in [3.8, 4) is 0 Å². The first-order valence-corrected chi connectivity index (χ1v) is 6.51. The first kappa shape index (κ1) is 11.6. The van der Waals surface area contributed by atoms with Gasteiger partial charge in [0.2, 0.25) is 0 Å². The van der Waals surface area contributed by atoms with Gasteiger partial charge in [0, 0.05) is 10.9 Å². The highest BCUT2D eigenvalue weighted by Gasteiger charge is 2.39. The minimum absolute atomic E-state index is 0.214. The molecule has 3 unspecified atom stereocenters. The van der Waals surface area contributed by atoms with E-state index < -0.39 is 5.97 Å². The fourth-order valence-electron chi connectivity index (χ4n) is 2.49. The molecule has 1 aliphatic heterocycles. The van der Waals surface area contributed by atoms with Crippen LogP contribution in [0.3, 0.4) is 0 Å². The summed E-state index contributed by atoms with van der Waals surface area (Å²) >= 11 is 1.70. The maximum Gasteiger partial charge on any atom is 0.321 e. The van der Waals surface area contributed by atoms with Crippen LogP contribution in [0, 0.1) is 5.92 Å². The van der Waals surface area contributed by atoms with Gasteiger partial charge >= 0.3 is 5.97 Å². The average molecular weight is 239 g/mol. The number of thiophene rings is 1. The van der Waals surface area contributed by atoms with Crippen LogP contribution in [0.15, 0.2) is 17.5 Å². The Morgan fingerprint density at radius 1 is 1.69 bits per heavy atom. The molecule has 3 atom stereocenters. The molecule has 1 fully saturated rings. The molecule has 0 aliphatic carbocycles. The molecule has 1 aromatic heterocycles. The zero-order valence-electron chi connectivity index (χ0n) is 9.59. The first-order valence-electron chi connectivity index (χ1n) is 5.63. The highest BCUT2D eigenvalue weighted by molar-refractivity contribution is 7.10. The Kier molecular flexibility index (Phi) is 3.30. The van der Waals surface area contributed by atoms with Crippen LogP contribution in [0.2, 0.25) is 0 Å². The molecular formula is C12H17NO2S. The molecule has 2 heterocycles. The molecule has 0 saturated carbocycles. The smallest absolute Gasteiger partial charge is 0.321 e. The minimum atomic E-state index is -0.687. The summed E-state index contributed by atoms with van der Waals surface area (Å²) in [4.78, 5) is 14.6. The molecule has 0 spiro atoms. The average Bonchev–Trinajstić information content (AvgIpc) is 2.84. The lowest BCUT2D eigenvalue weighted by atomic mass is 10.0. The van der Waals surface area contributed by atoms with Crippen molar-refractivity contribution in [3.63, 3.8) is 0 Å². The third-order valence-electron chi connectivity index (χ3n) is 3.44. The Labute approximate surface area is 99.7 Å². The maximum absolute atomic E-state index is 11.3. The number of likely N-dealkylation sites (tertiary alicyclic amines) is 1. The molecule has 1 saturated heterocycles. The van der Waals surface area contributed by atoms with Gasteiger partial charge in [-0.1, -0.05) is 13.0 Å². The van der Waals surface area contributed by atoms with Crippen LogP contribution < -0.4 is 0 Å². The van der Waals surface area contributed by atoms with Crippen molar-refractivity contribution in [1.29, 1.82) is 0 Å². The van der Waals surface area contributed by atoms with Gasteiger partial charge in [0.15, 0.2) is 0 Å². The van der Waals surface area contributed by atoms with Crippen LogP contribution in [0.25, 0.3) is 0 Å². The van der Waals surface area contributed by atoms with Crippen molar-refractivity contribution < 1.29 is 9.90 Å². The Balaban J connectivity index is 2.17. The van der Waals surface area contributed by atoms with Gasteiger partial charge < -0.3 is 5.11 Å². The molecular weight excluding hydrogens is 222 g/mol. The van der Waals surface area contributed by atoms with E-state index in [0.717, 1.165) is 13.0 Å². The summed E-state index contributed by atoms with van der Waals surface area (Å²) in [5.41, 5.74) is 0. The van der Waals surface area contributed by atoms with E-state index in [9.17, 15) is 9.90 Å². The summed E-state index contributed by atoms with van der Waals surface area (Å²) in [6, 6.07) is 3.99. The normalized spacial score (nSPS) is 28.1. The van der Waals surface area contributed by atoms with Gasteiger partial charge in [0.05, 0.1) is 0 Å². The van der Waals surface area contributed by atoms with E-state index in [2.05, 4.69) is 17.9 Å². The third kappa shape index (κ3) is 1.99. The Hall–Kier alpha value is -0.870. The summed E-state index contributed by atoms with van der Waals surface area (Å²) in [5.74, 6) is -0.437. The zero-order valence-corrected chi connectivity index (χ0v) is 10.4. The molecule has 3 nitrogen and oxygen atoms in total. The number of nitrogens with zero attached hydrogens (tertiary/aromatic N) is 1. The predicted molar refractivity (Wildman–Crippen MR) is 64.6 cm³/mol. The minimum Gasteiger partial charge on any atom is -0.480 e. The standard InChI is InChI=1S/C12H17NO2S/c1-8-5-6-13(11(8)12(14)15)9(2)10-4-3-7-16-10/h3-4,7-9,11H,5-6H2,1-2H3,(H,14,15). The van der Waals surface area contributed by atoms with E-state index in [4.69, 9.17) is 0 Å². The Bertz CT molecular complexity index is 363. The quantitative estimate of drug-likeness (QED) is 0.881. The number of hydrogen-bond acceptors (Lipinski definition) is 3. The lowest BCUT2D eigenvalue weighted by Gasteiger charge is -2.28.